The summed E-state index contributed by atoms with van der Waals surface area (Å²) < 4.78 is 6.24. The van der Waals surface area contributed by atoms with Gasteiger partial charge in [-0.25, -0.2) is 4.98 Å². The van der Waals surface area contributed by atoms with Gasteiger partial charge in [0.2, 0.25) is 0 Å². The van der Waals surface area contributed by atoms with Crippen LogP contribution >= 0.6 is 15.9 Å². The minimum Gasteiger partial charge on any atom is -0.460 e. The number of H-pyrrole nitrogens is 1. The fourth-order valence-corrected chi connectivity index (χ4v) is 1.41. The molecule has 0 saturated heterocycles. The first-order chi connectivity index (χ1) is 5.77. The molecule has 0 aliphatic carbocycles. The molecular weight excluding hydrogens is 220 g/mol. The molecular formula is C8H7BrN2O. The molecule has 0 aliphatic rings. The second-order valence-corrected chi connectivity index (χ2v) is 3.27. The SMILES string of the molecule is Cc1ccc(-c2nc[nH]c2Br)o1. The molecule has 0 amide bonds. The van der Waals surface area contributed by atoms with Gasteiger partial charge in [0.25, 0.3) is 0 Å². The first-order valence-corrected chi connectivity index (χ1v) is 4.32. The molecule has 0 fully saturated rings. The molecule has 2 aromatic heterocycles. The molecule has 0 bridgehead atoms. The van der Waals surface area contributed by atoms with E-state index in [0.29, 0.717) is 0 Å². The Hall–Kier alpha value is -1.03. The van der Waals surface area contributed by atoms with Crippen LogP contribution < -0.4 is 0 Å². The third-order valence-electron chi connectivity index (χ3n) is 1.57. The van der Waals surface area contributed by atoms with E-state index in [2.05, 4.69) is 25.9 Å². The van der Waals surface area contributed by atoms with Crippen LogP contribution in [0.2, 0.25) is 0 Å². The molecule has 2 heterocycles. The van der Waals surface area contributed by atoms with Crippen LogP contribution in [0, 0.1) is 6.92 Å². The summed E-state index contributed by atoms with van der Waals surface area (Å²) in [6, 6.07) is 3.81. The number of aryl methyl sites for hydroxylation is 1. The van der Waals surface area contributed by atoms with Crippen molar-refractivity contribution in [3.8, 4) is 11.5 Å². The maximum absolute atomic E-state index is 5.40. The number of rotatable bonds is 1. The van der Waals surface area contributed by atoms with Gasteiger partial charge in [0.05, 0.1) is 6.33 Å². The van der Waals surface area contributed by atoms with E-state index >= 15 is 0 Å². The van der Waals surface area contributed by atoms with Gasteiger partial charge in [-0.15, -0.1) is 0 Å². The van der Waals surface area contributed by atoms with Crippen molar-refractivity contribution < 1.29 is 4.42 Å². The number of nitrogens with one attached hydrogen (secondary N) is 1. The van der Waals surface area contributed by atoms with Crippen LogP contribution in [0.5, 0.6) is 0 Å². The van der Waals surface area contributed by atoms with Crippen molar-refractivity contribution in [2.45, 2.75) is 6.92 Å². The van der Waals surface area contributed by atoms with Crippen LogP contribution in [0.1, 0.15) is 5.76 Å². The summed E-state index contributed by atoms with van der Waals surface area (Å²) in [6.45, 7) is 1.91. The predicted octanol–water partition coefficient (Wildman–Crippen LogP) is 2.74. The zero-order valence-electron chi connectivity index (χ0n) is 6.47. The molecule has 12 heavy (non-hydrogen) atoms. The first kappa shape index (κ1) is 7.61. The van der Waals surface area contributed by atoms with E-state index in [1.54, 1.807) is 6.33 Å². The first-order valence-electron chi connectivity index (χ1n) is 3.53. The minimum atomic E-state index is 0.778. The molecule has 0 saturated carbocycles. The van der Waals surface area contributed by atoms with Crippen molar-refractivity contribution in [2.75, 3.05) is 0 Å². The molecule has 0 aliphatic heterocycles. The topological polar surface area (TPSA) is 41.8 Å². The van der Waals surface area contributed by atoms with E-state index in [4.69, 9.17) is 4.42 Å². The van der Waals surface area contributed by atoms with Crippen molar-refractivity contribution in [3.05, 3.63) is 28.8 Å². The van der Waals surface area contributed by atoms with Gasteiger partial charge in [-0.3, -0.25) is 0 Å². The second kappa shape index (κ2) is 2.79. The molecule has 0 aromatic carbocycles. The molecule has 1 N–H and O–H groups in total. The minimum absolute atomic E-state index is 0.778. The Morgan fingerprint density at radius 3 is 2.83 bits per heavy atom. The largest absolute Gasteiger partial charge is 0.460 e. The molecule has 0 radical (unpaired) electrons. The lowest BCUT2D eigenvalue weighted by atomic mass is 10.3. The predicted molar refractivity (Wildman–Crippen MR) is 48.7 cm³/mol. The van der Waals surface area contributed by atoms with E-state index in [0.717, 1.165) is 21.8 Å². The summed E-state index contributed by atoms with van der Waals surface area (Å²) in [5, 5.41) is 0. The lowest BCUT2D eigenvalue weighted by Gasteiger charge is -1.89. The Kier molecular flexibility index (Phi) is 1.77. The van der Waals surface area contributed by atoms with Gasteiger partial charge in [-0.05, 0) is 35.0 Å². The van der Waals surface area contributed by atoms with Crippen LogP contribution in [0.15, 0.2) is 27.5 Å². The molecule has 62 valence electrons. The average Bonchev–Trinajstić information content (AvgIpc) is 2.58. The highest BCUT2D eigenvalue weighted by Crippen LogP contribution is 2.25. The standard InChI is InChI=1S/C8H7BrN2O/c1-5-2-3-6(12-5)7-8(9)11-4-10-7/h2-4H,1H3,(H,10,11). The highest BCUT2D eigenvalue weighted by Gasteiger charge is 2.08. The third kappa shape index (κ3) is 1.18. The van der Waals surface area contributed by atoms with Crippen molar-refractivity contribution in [1.82, 2.24) is 9.97 Å². The number of hydrogen-bond acceptors (Lipinski definition) is 2. The van der Waals surface area contributed by atoms with Crippen LogP contribution in [-0.2, 0) is 0 Å². The normalized spacial score (nSPS) is 10.5. The third-order valence-corrected chi connectivity index (χ3v) is 2.17. The molecule has 2 aromatic rings. The maximum atomic E-state index is 5.40. The quantitative estimate of drug-likeness (QED) is 0.813. The second-order valence-electron chi connectivity index (χ2n) is 2.48. The maximum Gasteiger partial charge on any atom is 0.155 e. The lowest BCUT2D eigenvalue weighted by molar-refractivity contribution is 0.546. The van der Waals surface area contributed by atoms with Crippen LogP contribution in [0.4, 0.5) is 0 Å². The fourth-order valence-electron chi connectivity index (χ4n) is 1.01. The van der Waals surface area contributed by atoms with Crippen LogP contribution in [-0.4, -0.2) is 9.97 Å². The Morgan fingerprint density at radius 1 is 1.50 bits per heavy atom. The molecule has 2 rings (SSSR count). The van der Waals surface area contributed by atoms with E-state index in [-0.39, 0.29) is 0 Å². The number of furan rings is 1. The fraction of sp³-hybridized carbons (Fsp3) is 0.125. The number of hydrogen-bond donors (Lipinski definition) is 1. The van der Waals surface area contributed by atoms with Gasteiger partial charge in [0.15, 0.2) is 5.76 Å². The zero-order chi connectivity index (χ0) is 8.55. The van der Waals surface area contributed by atoms with E-state index in [9.17, 15) is 0 Å². The van der Waals surface area contributed by atoms with E-state index < -0.39 is 0 Å². The Labute approximate surface area is 77.9 Å². The Morgan fingerprint density at radius 2 is 2.33 bits per heavy atom. The van der Waals surface area contributed by atoms with Crippen LogP contribution in [0.3, 0.4) is 0 Å². The van der Waals surface area contributed by atoms with Gasteiger partial charge in [-0.1, -0.05) is 0 Å². The van der Waals surface area contributed by atoms with E-state index in [1.807, 2.05) is 19.1 Å². The van der Waals surface area contributed by atoms with E-state index in [1.165, 1.54) is 0 Å². The van der Waals surface area contributed by atoms with Gasteiger partial charge in [0.1, 0.15) is 16.1 Å². The van der Waals surface area contributed by atoms with Crippen molar-refractivity contribution >= 4 is 15.9 Å². The van der Waals surface area contributed by atoms with Crippen molar-refractivity contribution in [3.63, 3.8) is 0 Å². The van der Waals surface area contributed by atoms with Gasteiger partial charge >= 0.3 is 0 Å². The Bertz CT molecular complexity index is 391. The smallest absolute Gasteiger partial charge is 0.155 e. The summed E-state index contributed by atoms with van der Waals surface area (Å²) >= 11 is 3.33. The molecule has 0 spiro atoms. The summed E-state index contributed by atoms with van der Waals surface area (Å²) in [7, 11) is 0. The molecule has 0 atom stereocenters. The summed E-state index contributed by atoms with van der Waals surface area (Å²) in [5.41, 5.74) is 0.808. The average molecular weight is 227 g/mol. The highest BCUT2D eigenvalue weighted by atomic mass is 79.9. The van der Waals surface area contributed by atoms with Crippen LogP contribution in [0.25, 0.3) is 11.5 Å². The Balaban J connectivity index is 2.50. The number of halogens is 1. The number of nitrogens with zero attached hydrogens (tertiary/aromatic N) is 1. The lowest BCUT2D eigenvalue weighted by Crippen LogP contribution is -1.72. The number of aromatic nitrogens is 2. The van der Waals surface area contributed by atoms with Gasteiger partial charge in [-0.2, -0.15) is 0 Å². The highest BCUT2D eigenvalue weighted by molar-refractivity contribution is 9.10. The molecule has 0 unspecified atom stereocenters. The monoisotopic (exact) mass is 226 g/mol. The summed E-state index contributed by atoms with van der Waals surface area (Å²) in [4.78, 5) is 7.03. The summed E-state index contributed by atoms with van der Waals surface area (Å²) in [6.07, 6.45) is 1.62. The number of aromatic amines is 1. The summed E-state index contributed by atoms with van der Waals surface area (Å²) in [5.74, 6) is 1.67. The van der Waals surface area contributed by atoms with Gasteiger partial charge in [0, 0.05) is 0 Å². The van der Waals surface area contributed by atoms with Crippen molar-refractivity contribution in [1.29, 1.82) is 0 Å². The zero-order valence-corrected chi connectivity index (χ0v) is 8.05. The van der Waals surface area contributed by atoms with Crippen molar-refractivity contribution in [2.24, 2.45) is 0 Å². The number of imidazole rings is 1. The van der Waals surface area contributed by atoms with Gasteiger partial charge < -0.3 is 9.40 Å². The molecule has 3 nitrogen and oxygen atoms in total. The molecule has 4 heteroatoms.